The van der Waals surface area contributed by atoms with E-state index in [0.717, 1.165) is 33.5 Å². The summed E-state index contributed by atoms with van der Waals surface area (Å²) in [7, 11) is 3.27. The molecule has 2 aliphatic heterocycles. The number of methoxy groups -OCH3 is 1. The highest BCUT2D eigenvalue weighted by molar-refractivity contribution is 5.92. The number of nitrogens with one attached hydrogen (secondary N) is 1. The fourth-order valence-corrected chi connectivity index (χ4v) is 7.81. The first-order valence-electron chi connectivity index (χ1n) is 15.0. The number of nitrogens with zero attached hydrogens (tertiary/aromatic N) is 2. The molecule has 8 nitrogen and oxygen atoms in total. The highest BCUT2D eigenvalue weighted by Gasteiger charge is 2.67. The van der Waals surface area contributed by atoms with Gasteiger partial charge in [0.05, 0.1) is 7.11 Å². The average molecular weight is 594 g/mol. The van der Waals surface area contributed by atoms with Crippen molar-refractivity contribution in [2.45, 2.75) is 56.8 Å². The number of likely N-dealkylation sites (tertiary alicyclic amines) is 1. The van der Waals surface area contributed by atoms with Crippen LogP contribution in [0.1, 0.15) is 49.8 Å². The summed E-state index contributed by atoms with van der Waals surface area (Å²) in [6.45, 7) is 10.1. The van der Waals surface area contributed by atoms with Crippen LogP contribution in [0.25, 0.3) is 11.1 Å². The van der Waals surface area contributed by atoms with Gasteiger partial charge < -0.3 is 24.6 Å². The third-order valence-corrected chi connectivity index (χ3v) is 10.1. The van der Waals surface area contributed by atoms with Gasteiger partial charge in [-0.15, -0.1) is 6.58 Å². The third kappa shape index (κ3) is 4.22. The highest BCUT2D eigenvalue weighted by atomic mass is 16.5. The number of anilines is 1. The molecule has 2 amide bonds. The Morgan fingerprint density at radius 3 is 2.23 bits per heavy atom. The Balaban J connectivity index is 1.25. The molecule has 8 heteroatoms. The van der Waals surface area contributed by atoms with Gasteiger partial charge in [-0.3, -0.25) is 4.79 Å². The zero-order valence-electron chi connectivity index (χ0n) is 25.9. The molecule has 228 valence electrons. The molecule has 6 rings (SSSR count). The van der Waals surface area contributed by atoms with Crippen molar-refractivity contribution in [1.29, 1.82) is 0 Å². The summed E-state index contributed by atoms with van der Waals surface area (Å²) >= 11 is 0. The van der Waals surface area contributed by atoms with E-state index in [1.165, 1.54) is 7.11 Å². The van der Waals surface area contributed by atoms with Crippen molar-refractivity contribution >= 4 is 23.7 Å². The van der Waals surface area contributed by atoms with Gasteiger partial charge in [-0.05, 0) is 52.6 Å². The summed E-state index contributed by atoms with van der Waals surface area (Å²) < 4.78 is 11.0. The van der Waals surface area contributed by atoms with Crippen LogP contribution in [0.3, 0.4) is 0 Å². The second-order valence-corrected chi connectivity index (χ2v) is 12.6. The molecule has 3 aliphatic rings. The summed E-state index contributed by atoms with van der Waals surface area (Å²) in [5.74, 6) is -0.986. The molecule has 0 bridgehead atoms. The van der Waals surface area contributed by atoms with Crippen LogP contribution in [0.2, 0.25) is 0 Å². The molecule has 3 aromatic rings. The van der Waals surface area contributed by atoms with E-state index in [1.54, 1.807) is 11.8 Å². The van der Waals surface area contributed by atoms with E-state index in [-0.39, 0.29) is 18.4 Å². The van der Waals surface area contributed by atoms with Crippen LogP contribution in [0.4, 0.5) is 10.5 Å². The molecule has 44 heavy (non-hydrogen) atoms. The zero-order valence-corrected chi connectivity index (χ0v) is 25.9. The number of para-hydroxylation sites is 1. The van der Waals surface area contributed by atoms with Crippen LogP contribution in [0.15, 0.2) is 85.5 Å². The number of hydrogen-bond acceptors (Lipinski definition) is 6. The predicted molar refractivity (Wildman–Crippen MR) is 169 cm³/mol. The molecule has 0 aromatic heterocycles. The largest absolute Gasteiger partial charge is 0.467 e. The number of carbonyl (C=O) groups is 3. The van der Waals surface area contributed by atoms with E-state index in [1.807, 2.05) is 55.6 Å². The summed E-state index contributed by atoms with van der Waals surface area (Å²) in [6, 6.07) is 22.5. The van der Waals surface area contributed by atoms with Crippen LogP contribution in [-0.2, 0) is 24.5 Å². The molecule has 0 radical (unpaired) electrons. The molecular formula is C36H39N3O5. The van der Waals surface area contributed by atoms with Gasteiger partial charge in [0.2, 0.25) is 5.91 Å². The summed E-state index contributed by atoms with van der Waals surface area (Å²) in [6.07, 6.45) is 1.06. The molecule has 1 aliphatic carbocycles. The van der Waals surface area contributed by atoms with Crippen LogP contribution < -0.4 is 10.2 Å². The number of fused-ring (bicyclic) bond motifs is 6. The van der Waals surface area contributed by atoms with Crippen molar-refractivity contribution < 1.29 is 23.9 Å². The molecule has 1 N–H and O–H groups in total. The number of amides is 2. The lowest BCUT2D eigenvalue weighted by Crippen LogP contribution is -2.60. The monoisotopic (exact) mass is 593 g/mol. The minimum atomic E-state index is -0.961. The smallest absolute Gasteiger partial charge is 0.407 e. The van der Waals surface area contributed by atoms with Crippen LogP contribution in [0.5, 0.6) is 0 Å². The molecule has 0 spiro atoms. The third-order valence-electron chi connectivity index (χ3n) is 10.1. The molecule has 2 heterocycles. The first-order valence-corrected chi connectivity index (χ1v) is 15.0. The lowest BCUT2D eigenvalue weighted by atomic mass is 9.60. The van der Waals surface area contributed by atoms with Crippen molar-refractivity contribution in [3.8, 4) is 11.1 Å². The number of alkyl carbamates (subject to hydrolysis) is 1. The van der Waals surface area contributed by atoms with Gasteiger partial charge >= 0.3 is 12.1 Å². The van der Waals surface area contributed by atoms with Crippen LogP contribution in [-0.4, -0.2) is 61.9 Å². The number of allylic oxidation sites excluding steroid dienone is 1. The van der Waals surface area contributed by atoms with Gasteiger partial charge in [-0.2, -0.15) is 0 Å². The number of hydrogen-bond donors (Lipinski definition) is 1. The Hall–Kier alpha value is -4.59. The molecule has 0 saturated carbocycles. The SMILES string of the molecule is C=CC(C)(C)[C@@]12C[C@@H](C(=O)OC)N(C(=O)[C@@H](C)NC(=O)OCC3c4ccccc4-c4ccccc43)[C@@H]1N(C)c1ccccc12. The summed E-state index contributed by atoms with van der Waals surface area (Å²) in [5, 5.41) is 2.74. The Bertz CT molecular complexity index is 1600. The number of rotatable bonds is 7. The number of likely N-dealkylation sites (N-methyl/N-ethyl adjacent to an activating group) is 1. The van der Waals surface area contributed by atoms with Gasteiger partial charge in [0.25, 0.3) is 0 Å². The minimum Gasteiger partial charge on any atom is -0.467 e. The Morgan fingerprint density at radius 1 is 1.02 bits per heavy atom. The number of carbonyl (C=O) groups excluding carboxylic acids is 3. The lowest BCUT2D eigenvalue weighted by Gasteiger charge is -2.45. The highest BCUT2D eigenvalue weighted by Crippen LogP contribution is 2.62. The zero-order chi connectivity index (χ0) is 31.4. The van der Waals surface area contributed by atoms with Gasteiger partial charge in [0.15, 0.2) is 0 Å². The number of esters is 1. The van der Waals surface area contributed by atoms with Crippen LogP contribution >= 0.6 is 0 Å². The standard InChI is InChI=1S/C36H39N3O5/c1-7-35(3,4)36-20-30(32(41)43-6)39(33(36)38(5)29-19-13-12-18-28(29)36)31(40)22(2)37-34(42)44-21-27-25-16-10-8-14-23(25)24-15-9-11-17-26(24)27/h7-19,22,27,30,33H,1,20-21H2,2-6H3,(H,37,42)/t22-,30+,33+,36-/m1/s1. The van der Waals surface area contributed by atoms with Gasteiger partial charge in [0, 0.05) is 24.1 Å². The minimum absolute atomic E-state index is 0.103. The van der Waals surface area contributed by atoms with E-state index in [9.17, 15) is 14.4 Å². The van der Waals surface area contributed by atoms with Crippen molar-refractivity contribution in [2.75, 3.05) is 25.7 Å². The Labute approximate surface area is 258 Å². The van der Waals surface area contributed by atoms with E-state index in [4.69, 9.17) is 9.47 Å². The van der Waals surface area contributed by atoms with Crippen molar-refractivity contribution in [1.82, 2.24) is 10.2 Å². The first kappa shape index (κ1) is 29.5. The van der Waals surface area contributed by atoms with Crippen LogP contribution in [0, 0.1) is 5.41 Å². The predicted octanol–water partition coefficient (Wildman–Crippen LogP) is 5.61. The van der Waals surface area contributed by atoms with E-state index in [0.29, 0.717) is 6.42 Å². The van der Waals surface area contributed by atoms with Crippen molar-refractivity contribution in [3.05, 3.63) is 102 Å². The van der Waals surface area contributed by atoms with E-state index >= 15 is 0 Å². The molecule has 1 fully saturated rings. The summed E-state index contributed by atoms with van der Waals surface area (Å²) in [5.41, 5.74) is 5.39. The fraction of sp³-hybridized carbons (Fsp3) is 0.361. The summed E-state index contributed by atoms with van der Waals surface area (Å²) in [4.78, 5) is 44.4. The average Bonchev–Trinajstić information content (AvgIpc) is 3.65. The molecular weight excluding hydrogens is 554 g/mol. The van der Waals surface area contributed by atoms with Crippen molar-refractivity contribution in [2.24, 2.45) is 5.41 Å². The lowest BCUT2D eigenvalue weighted by molar-refractivity contribution is -0.152. The van der Waals surface area contributed by atoms with Crippen molar-refractivity contribution in [3.63, 3.8) is 0 Å². The maximum Gasteiger partial charge on any atom is 0.407 e. The second-order valence-electron chi connectivity index (χ2n) is 12.6. The number of benzene rings is 3. The molecule has 3 aromatic carbocycles. The second kappa shape index (κ2) is 10.8. The normalized spacial score (nSPS) is 22.4. The maximum atomic E-state index is 14.3. The Morgan fingerprint density at radius 2 is 1.61 bits per heavy atom. The van der Waals surface area contributed by atoms with E-state index in [2.05, 4.69) is 61.0 Å². The van der Waals surface area contributed by atoms with Gasteiger partial charge in [-0.25, -0.2) is 9.59 Å². The fourth-order valence-electron chi connectivity index (χ4n) is 7.81. The molecule has 0 unspecified atom stereocenters. The maximum absolute atomic E-state index is 14.3. The molecule has 4 atom stereocenters. The van der Waals surface area contributed by atoms with E-state index < -0.39 is 41.1 Å². The first-order chi connectivity index (χ1) is 21.1. The number of ether oxygens (including phenoxy) is 2. The topological polar surface area (TPSA) is 88.2 Å². The van der Waals surface area contributed by atoms with Gasteiger partial charge in [0.1, 0.15) is 24.9 Å². The molecule has 1 saturated heterocycles. The Kier molecular flexibility index (Phi) is 7.26. The van der Waals surface area contributed by atoms with Gasteiger partial charge in [-0.1, -0.05) is 86.7 Å². The quantitative estimate of drug-likeness (QED) is 0.283.